The highest BCUT2D eigenvalue weighted by Gasteiger charge is 2.48. The van der Waals surface area contributed by atoms with Crippen LogP contribution in [-0.2, 0) is 23.7 Å². The highest BCUT2D eigenvalue weighted by atomic mass is 16.5. The fourth-order valence-electron chi connectivity index (χ4n) is 4.90. The summed E-state index contributed by atoms with van der Waals surface area (Å²) in [6, 6.07) is 8.43. The van der Waals surface area contributed by atoms with Gasteiger partial charge in [-0.25, -0.2) is 0 Å². The minimum absolute atomic E-state index is 0.0940. The zero-order valence-electron chi connectivity index (χ0n) is 15.8. The molecule has 2 aliphatic rings. The number of nitrogens with one attached hydrogen (secondary N) is 1. The molecule has 1 aliphatic carbocycles. The quantitative estimate of drug-likeness (QED) is 0.808. The number of hydrogen-bond acceptors (Lipinski definition) is 4. The fourth-order valence-corrected chi connectivity index (χ4v) is 4.90. The van der Waals surface area contributed by atoms with E-state index in [1.165, 1.54) is 31.4 Å². The number of rotatable bonds is 6. The smallest absolute Gasteiger partial charge is 0.0762 e. The predicted molar refractivity (Wildman–Crippen MR) is 102 cm³/mol. The monoisotopic (exact) mass is 354 g/mol. The Hall–Kier alpha value is -1.72. The van der Waals surface area contributed by atoms with Crippen LogP contribution in [0, 0.1) is 0 Å². The minimum Gasteiger partial charge on any atom is -0.375 e. The lowest BCUT2D eigenvalue weighted by Crippen LogP contribution is -2.47. The van der Waals surface area contributed by atoms with Crippen LogP contribution in [0.15, 0.2) is 36.7 Å². The zero-order chi connectivity index (χ0) is 17.9. The third-order valence-electron chi connectivity index (χ3n) is 6.23. The Kier molecular flexibility index (Phi) is 5.09. The van der Waals surface area contributed by atoms with Crippen LogP contribution in [0.4, 0.5) is 0 Å². The van der Waals surface area contributed by atoms with Crippen molar-refractivity contribution in [1.82, 2.24) is 20.1 Å². The van der Waals surface area contributed by atoms with Gasteiger partial charge in [0, 0.05) is 43.7 Å². The molecule has 4 rings (SSSR count). The molecule has 2 fully saturated rings. The number of aromatic nitrogens is 3. The summed E-state index contributed by atoms with van der Waals surface area (Å²) in [5.74, 6) is 0. The van der Waals surface area contributed by atoms with Gasteiger partial charge in [-0.15, -0.1) is 0 Å². The van der Waals surface area contributed by atoms with Gasteiger partial charge in [-0.1, -0.05) is 18.9 Å². The van der Waals surface area contributed by atoms with Crippen molar-refractivity contribution in [2.24, 2.45) is 7.05 Å². The largest absolute Gasteiger partial charge is 0.375 e. The SMILES string of the molecule is Cn1ccc(CNCC[C@@]2(c3ccccn3)CCOC3(CCCC3)C2)n1. The summed E-state index contributed by atoms with van der Waals surface area (Å²) in [5.41, 5.74) is 2.56. The van der Waals surface area contributed by atoms with Crippen molar-refractivity contribution in [3.63, 3.8) is 0 Å². The zero-order valence-corrected chi connectivity index (χ0v) is 15.8. The maximum Gasteiger partial charge on any atom is 0.0762 e. The third-order valence-corrected chi connectivity index (χ3v) is 6.23. The predicted octanol–water partition coefficient (Wildman–Crippen LogP) is 3.36. The molecule has 2 aromatic rings. The van der Waals surface area contributed by atoms with Crippen LogP contribution in [0.3, 0.4) is 0 Å². The van der Waals surface area contributed by atoms with Gasteiger partial charge >= 0.3 is 0 Å². The molecule has 0 amide bonds. The molecule has 1 aliphatic heterocycles. The molecule has 2 aromatic heterocycles. The molecule has 5 nitrogen and oxygen atoms in total. The fraction of sp³-hybridized carbons (Fsp3) is 0.619. The molecular weight excluding hydrogens is 324 g/mol. The van der Waals surface area contributed by atoms with Crippen LogP contribution < -0.4 is 5.32 Å². The van der Waals surface area contributed by atoms with Gasteiger partial charge in [0.15, 0.2) is 0 Å². The molecule has 0 aromatic carbocycles. The summed E-state index contributed by atoms with van der Waals surface area (Å²) in [6.45, 7) is 2.65. The Morgan fingerprint density at radius 3 is 2.81 bits per heavy atom. The molecular formula is C21H30N4O. The number of hydrogen-bond donors (Lipinski definition) is 1. The highest BCUT2D eigenvalue weighted by molar-refractivity contribution is 5.20. The van der Waals surface area contributed by atoms with Gasteiger partial charge < -0.3 is 10.1 Å². The van der Waals surface area contributed by atoms with E-state index in [-0.39, 0.29) is 11.0 Å². The van der Waals surface area contributed by atoms with E-state index in [4.69, 9.17) is 9.72 Å². The van der Waals surface area contributed by atoms with Crippen LogP contribution in [0.1, 0.15) is 56.3 Å². The number of nitrogens with zero attached hydrogens (tertiary/aromatic N) is 3. The minimum atomic E-state index is 0.0940. The summed E-state index contributed by atoms with van der Waals surface area (Å²) in [6.07, 6.45) is 12.2. The molecule has 140 valence electrons. The summed E-state index contributed by atoms with van der Waals surface area (Å²) in [4.78, 5) is 4.77. The Morgan fingerprint density at radius 2 is 2.08 bits per heavy atom. The molecule has 5 heteroatoms. The lowest BCUT2D eigenvalue weighted by Gasteiger charge is -2.46. The second-order valence-corrected chi connectivity index (χ2v) is 8.07. The van der Waals surface area contributed by atoms with Crippen molar-refractivity contribution in [3.05, 3.63) is 48.0 Å². The molecule has 1 N–H and O–H groups in total. The standard InChI is InChI=1S/C21H30N4O/c1-25-14-7-18(24-25)16-22-13-10-20(19-6-2-5-12-23-19)11-15-26-21(17-20)8-3-4-9-21/h2,5-7,12,14,22H,3-4,8-11,13,15-17H2,1H3/t20-/m1/s1. The molecule has 0 radical (unpaired) electrons. The second-order valence-electron chi connectivity index (χ2n) is 8.07. The first-order valence-corrected chi connectivity index (χ1v) is 9.95. The van der Waals surface area contributed by atoms with E-state index in [9.17, 15) is 0 Å². The van der Waals surface area contributed by atoms with E-state index in [0.29, 0.717) is 0 Å². The van der Waals surface area contributed by atoms with Crippen molar-refractivity contribution in [2.45, 2.75) is 62.5 Å². The van der Waals surface area contributed by atoms with Crippen LogP contribution in [0.2, 0.25) is 0 Å². The van der Waals surface area contributed by atoms with E-state index in [1.54, 1.807) is 0 Å². The van der Waals surface area contributed by atoms with Gasteiger partial charge in [-0.2, -0.15) is 5.10 Å². The van der Waals surface area contributed by atoms with Crippen molar-refractivity contribution >= 4 is 0 Å². The first kappa shape index (κ1) is 17.7. The van der Waals surface area contributed by atoms with Gasteiger partial charge in [0.05, 0.1) is 11.3 Å². The Morgan fingerprint density at radius 1 is 1.19 bits per heavy atom. The first-order valence-electron chi connectivity index (χ1n) is 9.95. The highest BCUT2D eigenvalue weighted by Crippen LogP contribution is 2.49. The van der Waals surface area contributed by atoms with Crippen LogP contribution in [0.5, 0.6) is 0 Å². The Labute approximate surface area is 156 Å². The van der Waals surface area contributed by atoms with Crippen molar-refractivity contribution < 1.29 is 4.74 Å². The van der Waals surface area contributed by atoms with E-state index in [1.807, 2.05) is 30.2 Å². The van der Waals surface area contributed by atoms with Crippen LogP contribution in [0.25, 0.3) is 0 Å². The van der Waals surface area contributed by atoms with Crippen molar-refractivity contribution in [2.75, 3.05) is 13.2 Å². The summed E-state index contributed by atoms with van der Waals surface area (Å²) in [5, 5.41) is 8.04. The van der Waals surface area contributed by atoms with Gasteiger partial charge in [-0.3, -0.25) is 9.67 Å². The van der Waals surface area contributed by atoms with E-state index in [2.05, 4.69) is 28.6 Å². The van der Waals surface area contributed by atoms with Crippen LogP contribution in [-0.4, -0.2) is 33.5 Å². The molecule has 0 bridgehead atoms. The Balaban J connectivity index is 1.46. The maximum absolute atomic E-state index is 6.32. The lowest BCUT2D eigenvalue weighted by atomic mass is 9.68. The number of aryl methyl sites for hydroxylation is 1. The second kappa shape index (κ2) is 7.49. The third kappa shape index (κ3) is 3.69. The molecule has 1 spiro atoms. The van der Waals surface area contributed by atoms with Gasteiger partial charge in [0.1, 0.15) is 0 Å². The van der Waals surface area contributed by atoms with Crippen molar-refractivity contribution in [3.8, 4) is 0 Å². The first-order chi connectivity index (χ1) is 12.7. The summed E-state index contributed by atoms with van der Waals surface area (Å²) in [7, 11) is 1.96. The summed E-state index contributed by atoms with van der Waals surface area (Å²) >= 11 is 0. The van der Waals surface area contributed by atoms with E-state index < -0.39 is 0 Å². The van der Waals surface area contributed by atoms with E-state index >= 15 is 0 Å². The van der Waals surface area contributed by atoms with Crippen LogP contribution >= 0.6 is 0 Å². The van der Waals surface area contributed by atoms with Gasteiger partial charge in [-0.05, 0) is 56.8 Å². The van der Waals surface area contributed by atoms with Crippen molar-refractivity contribution in [1.29, 1.82) is 0 Å². The number of ether oxygens (including phenoxy) is 1. The molecule has 0 unspecified atom stereocenters. The molecule has 1 atom stereocenters. The average Bonchev–Trinajstić information content (AvgIpc) is 3.29. The molecule has 26 heavy (non-hydrogen) atoms. The summed E-state index contributed by atoms with van der Waals surface area (Å²) < 4.78 is 8.18. The maximum atomic E-state index is 6.32. The topological polar surface area (TPSA) is 52.0 Å². The molecule has 3 heterocycles. The number of pyridine rings is 1. The normalized spacial score (nSPS) is 25.0. The molecule has 1 saturated heterocycles. The Bertz CT molecular complexity index is 708. The van der Waals surface area contributed by atoms with Gasteiger partial charge in [0.25, 0.3) is 0 Å². The lowest BCUT2D eigenvalue weighted by molar-refractivity contribution is -0.104. The average molecular weight is 354 g/mol. The van der Waals surface area contributed by atoms with Gasteiger partial charge in [0.2, 0.25) is 0 Å². The van der Waals surface area contributed by atoms with E-state index in [0.717, 1.165) is 44.7 Å². The molecule has 1 saturated carbocycles.